The Morgan fingerprint density at radius 1 is 1.12 bits per heavy atom. The molecule has 1 fully saturated rings. The molecule has 1 aliphatic carbocycles. The van der Waals surface area contributed by atoms with Gasteiger partial charge in [0.1, 0.15) is 11.8 Å². The third kappa shape index (κ3) is 6.42. The fraction of sp³-hybridized carbons (Fsp3) is 0.462. The topological polar surface area (TPSA) is 58.6 Å². The zero-order valence-corrected chi connectivity index (χ0v) is 21.2. The van der Waals surface area contributed by atoms with Crippen molar-refractivity contribution in [2.75, 3.05) is 6.61 Å². The Hall–Kier alpha value is -2.24. The minimum atomic E-state index is -0.700. The molecule has 1 unspecified atom stereocenters. The molecule has 0 saturated heterocycles. The number of hydrogen-bond acceptors (Lipinski definition) is 3. The summed E-state index contributed by atoms with van der Waals surface area (Å²) in [5.74, 6) is 0.180. The lowest BCUT2D eigenvalue weighted by Crippen LogP contribution is -2.50. The number of carbonyl (C=O) groups is 2. The SMILES string of the molecule is Cc1cc(C)c(C)c(OCC(=O)N(Cc2c(Cl)cccc2Cl)C(C)C(=O)NC2CCCC2)c1. The molecule has 2 aromatic carbocycles. The van der Waals surface area contributed by atoms with E-state index in [1.807, 2.05) is 26.8 Å². The molecule has 178 valence electrons. The average Bonchev–Trinajstić information content (AvgIpc) is 3.27. The molecular formula is C26H32Cl2N2O3. The number of amides is 2. The van der Waals surface area contributed by atoms with E-state index < -0.39 is 6.04 Å². The zero-order chi connectivity index (χ0) is 24.1. The van der Waals surface area contributed by atoms with Crippen molar-refractivity contribution in [2.45, 2.75) is 72.0 Å². The van der Waals surface area contributed by atoms with Gasteiger partial charge in [-0.15, -0.1) is 0 Å². The average molecular weight is 491 g/mol. The second kappa shape index (κ2) is 11.3. The monoisotopic (exact) mass is 490 g/mol. The third-order valence-electron chi connectivity index (χ3n) is 6.37. The van der Waals surface area contributed by atoms with Crippen LogP contribution in [0.2, 0.25) is 10.0 Å². The number of rotatable bonds is 8. The second-order valence-electron chi connectivity index (χ2n) is 8.88. The van der Waals surface area contributed by atoms with Crippen LogP contribution in [0.15, 0.2) is 30.3 Å². The van der Waals surface area contributed by atoms with Crippen LogP contribution in [-0.4, -0.2) is 35.4 Å². The van der Waals surface area contributed by atoms with Gasteiger partial charge in [0.05, 0.1) is 0 Å². The maximum absolute atomic E-state index is 13.3. The summed E-state index contributed by atoms with van der Waals surface area (Å²) >= 11 is 12.7. The van der Waals surface area contributed by atoms with Gasteiger partial charge in [-0.05, 0) is 75.4 Å². The fourth-order valence-electron chi connectivity index (χ4n) is 4.20. The van der Waals surface area contributed by atoms with Gasteiger partial charge in [0, 0.05) is 28.2 Å². The molecule has 0 radical (unpaired) electrons. The van der Waals surface area contributed by atoms with Crippen molar-refractivity contribution < 1.29 is 14.3 Å². The van der Waals surface area contributed by atoms with Crippen LogP contribution in [0.25, 0.3) is 0 Å². The quantitative estimate of drug-likeness (QED) is 0.510. The maximum atomic E-state index is 13.3. The highest BCUT2D eigenvalue weighted by molar-refractivity contribution is 6.36. The van der Waals surface area contributed by atoms with E-state index in [0.717, 1.165) is 42.4 Å². The summed E-state index contributed by atoms with van der Waals surface area (Å²) in [5, 5.41) is 3.99. The molecule has 0 heterocycles. The number of carbonyl (C=O) groups excluding carboxylic acids is 2. The number of benzene rings is 2. The molecule has 7 heteroatoms. The summed E-state index contributed by atoms with van der Waals surface area (Å²) in [7, 11) is 0. The molecule has 0 aliphatic heterocycles. The Labute approximate surface area is 206 Å². The fourth-order valence-corrected chi connectivity index (χ4v) is 4.72. The van der Waals surface area contributed by atoms with Gasteiger partial charge in [0.25, 0.3) is 5.91 Å². The first kappa shape index (κ1) is 25.4. The molecular weight excluding hydrogens is 459 g/mol. The van der Waals surface area contributed by atoms with Crippen LogP contribution < -0.4 is 10.1 Å². The van der Waals surface area contributed by atoms with Crippen molar-refractivity contribution in [1.29, 1.82) is 0 Å². The van der Waals surface area contributed by atoms with Crippen molar-refractivity contribution in [1.82, 2.24) is 10.2 Å². The Kier molecular flexibility index (Phi) is 8.66. The van der Waals surface area contributed by atoms with Crippen molar-refractivity contribution in [3.63, 3.8) is 0 Å². The van der Waals surface area contributed by atoms with Gasteiger partial charge in [-0.25, -0.2) is 0 Å². The van der Waals surface area contributed by atoms with Crippen LogP contribution >= 0.6 is 23.2 Å². The van der Waals surface area contributed by atoms with E-state index in [1.54, 1.807) is 25.1 Å². The number of aryl methyl sites for hydroxylation is 2. The molecule has 1 aliphatic rings. The van der Waals surface area contributed by atoms with Crippen molar-refractivity contribution in [2.24, 2.45) is 0 Å². The lowest BCUT2D eigenvalue weighted by Gasteiger charge is -2.30. The smallest absolute Gasteiger partial charge is 0.261 e. The van der Waals surface area contributed by atoms with E-state index in [4.69, 9.17) is 27.9 Å². The molecule has 1 saturated carbocycles. The first-order chi connectivity index (χ1) is 15.7. The van der Waals surface area contributed by atoms with Crippen molar-refractivity contribution in [3.8, 4) is 5.75 Å². The minimum Gasteiger partial charge on any atom is -0.483 e. The van der Waals surface area contributed by atoms with E-state index in [2.05, 4.69) is 11.4 Å². The van der Waals surface area contributed by atoms with Gasteiger partial charge in [-0.2, -0.15) is 0 Å². The molecule has 2 amide bonds. The van der Waals surface area contributed by atoms with E-state index in [-0.39, 0.29) is 31.0 Å². The summed E-state index contributed by atoms with van der Waals surface area (Å²) in [6.07, 6.45) is 4.16. The zero-order valence-electron chi connectivity index (χ0n) is 19.7. The summed E-state index contributed by atoms with van der Waals surface area (Å²) in [6, 6.07) is 8.66. The lowest BCUT2D eigenvalue weighted by molar-refractivity contribution is -0.142. The molecule has 2 aromatic rings. The van der Waals surface area contributed by atoms with Crippen LogP contribution in [0.5, 0.6) is 5.75 Å². The molecule has 33 heavy (non-hydrogen) atoms. The van der Waals surface area contributed by atoms with Crippen molar-refractivity contribution >= 4 is 35.0 Å². The highest BCUT2D eigenvalue weighted by Crippen LogP contribution is 2.27. The van der Waals surface area contributed by atoms with Gasteiger partial charge in [-0.3, -0.25) is 9.59 Å². The molecule has 5 nitrogen and oxygen atoms in total. The van der Waals surface area contributed by atoms with Crippen LogP contribution in [0, 0.1) is 20.8 Å². The molecule has 0 spiro atoms. The van der Waals surface area contributed by atoms with E-state index in [1.165, 1.54) is 4.90 Å². The minimum absolute atomic E-state index is 0.117. The number of nitrogens with one attached hydrogen (secondary N) is 1. The van der Waals surface area contributed by atoms with Gasteiger partial charge in [-0.1, -0.05) is 48.2 Å². The van der Waals surface area contributed by atoms with Gasteiger partial charge >= 0.3 is 0 Å². The predicted octanol–water partition coefficient (Wildman–Crippen LogP) is 5.77. The van der Waals surface area contributed by atoms with E-state index in [9.17, 15) is 9.59 Å². The van der Waals surface area contributed by atoms with Gasteiger partial charge in [0.2, 0.25) is 5.91 Å². The summed E-state index contributed by atoms with van der Waals surface area (Å²) < 4.78 is 5.91. The Bertz CT molecular complexity index is 999. The Morgan fingerprint density at radius 3 is 2.39 bits per heavy atom. The first-order valence-electron chi connectivity index (χ1n) is 11.4. The molecule has 0 aromatic heterocycles. The normalized spacial score (nSPS) is 14.7. The highest BCUT2D eigenvalue weighted by atomic mass is 35.5. The maximum Gasteiger partial charge on any atom is 0.261 e. The molecule has 1 N–H and O–H groups in total. The summed E-state index contributed by atoms with van der Waals surface area (Å²) in [5.41, 5.74) is 3.75. The first-order valence-corrected chi connectivity index (χ1v) is 12.2. The lowest BCUT2D eigenvalue weighted by atomic mass is 10.1. The molecule has 3 rings (SSSR count). The van der Waals surface area contributed by atoms with Gasteiger partial charge in [0.15, 0.2) is 6.61 Å². The predicted molar refractivity (Wildman–Crippen MR) is 133 cm³/mol. The van der Waals surface area contributed by atoms with Crippen LogP contribution in [0.4, 0.5) is 0 Å². The van der Waals surface area contributed by atoms with Crippen LogP contribution in [-0.2, 0) is 16.1 Å². The van der Waals surface area contributed by atoms with Crippen LogP contribution in [0.3, 0.4) is 0 Å². The number of hydrogen-bond donors (Lipinski definition) is 1. The highest BCUT2D eigenvalue weighted by Gasteiger charge is 2.29. The standard InChI is InChI=1S/C26H32Cl2N2O3/c1-16-12-17(2)18(3)24(13-16)33-15-25(31)30(14-21-22(27)10-7-11-23(21)28)19(4)26(32)29-20-8-5-6-9-20/h7,10-13,19-20H,5-6,8-9,14-15H2,1-4H3,(H,29,32). The van der Waals surface area contributed by atoms with Gasteiger partial charge < -0.3 is 15.0 Å². The Morgan fingerprint density at radius 2 is 1.76 bits per heavy atom. The third-order valence-corrected chi connectivity index (χ3v) is 7.08. The van der Waals surface area contributed by atoms with Crippen molar-refractivity contribution in [3.05, 3.63) is 62.6 Å². The summed E-state index contributed by atoms with van der Waals surface area (Å²) in [6.45, 7) is 7.63. The summed E-state index contributed by atoms with van der Waals surface area (Å²) in [4.78, 5) is 27.8. The number of ether oxygens (including phenoxy) is 1. The number of halogens is 2. The largest absolute Gasteiger partial charge is 0.483 e. The number of nitrogens with zero attached hydrogens (tertiary/aromatic N) is 1. The molecule has 1 atom stereocenters. The van der Waals surface area contributed by atoms with Crippen LogP contribution in [0.1, 0.15) is 54.9 Å². The van der Waals surface area contributed by atoms with E-state index in [0.29, 0.717) is 21.4 Å². The second-order valence-corrected chi connectivity index (χ2v) is 9.70. The molecule has 0 bridgehead atoms. The Balaban J connectivity index is 1.80. The van der Waals surface area contributed by atoms with E-state index >= 15 is 0 Å².